The van der Waals surface area contributed by atoms with E-state index in [1.165, 1.54) is 7.11 Å². The van der Waals surface area contributed by atoms with Crippen molar-refractivity contribution in [2.45, 2.75) is 24.8 Å². The number of esters is 1. The van der Waals surface area contributed by atoms with Gasteiger partial charge in [0.25, 0.3) is 0 Å². The zero-order chi connectivity index (χ0) is 17.7. The van der Waals surface area contributed by atoms with Crippen LogP contribution in [-0.2, 0) is 14.3 Å². The second kappa shape index (κ2) is 7.62. The number of halogens is 1. The molecule has 0 saturated carbocycles. The molecule has 6 heteroatoms. The molecule has 0 aromatic heterocycles. The Balaban J connectivity index is 2.56. The third-order valence-electron chi connectivity index (χ3n) is 4.26. The Morgan fingerprint density at radius 2 is 2.08 bits per heavy atom. The third kappa shape index (κ3) is 3.36. The van der Waals surface area contributed by atoms with Crippen molar-refractivity contribution in [1.29, 1.82) is 0 Å². The number of ketones is 1. The molecule has 0 spiro atoms. The zero-order valence-electron chi connectivity index (χ0n) is 13.9. The lowest BCUT2D eigenvalue weighted by atomic mass is 9.75. The maximum Gasteiger partial charge on any atom is 0.306 e. The van der Waals surface area contributed by atoms with Gasteiger partial charge in [0.2, 0.25) is 0 Å². The number of allylic oxidation sites excluding steroid dienone is 1. The molecule has 5 nitrogen and oxygen atoms in total. The summed E-state index contributed by atoms with van der Waals surface area (Å²) >= 11 is 5.81. The van der Waals surface area contributed by atoms with Crippen molar-refractivity contribution in [3.05, 3.63) is 41.5 Å². The van der Waals surface area contributed by atoms with E-state index in [1.807, 2.05) is 25.1 Å². The van der Waals surface area contributed by atoms with Gasteiger partial charge in [-0.3, -0.25) is 14.6 Å². The maximum atomic E-state index is 12.6. The summed E-state index contributed by atoms with van der Waals surface area (Å²) in [5, 5.41) is 0. The predicted octanol–water partition coefficient (Wildman–Crippen LogP) is 2.84. The van der Waals surface area contributed by atoms with Crippen LogP contribution in [0, 0.1) is 6.92 Å². The molecule has 0 fully saturated rings. The van der Waals surface area contributed by atoms with Gasteiger partial charge < -0.3 is 9.47 Å². The fourth-order valence-electron chi connectivity index (χ4n) is 2.90. The summed E-state index contributed by atoms with van der Waals surface area (Å²) in [5.41, 5.74) is 0.530. The fourth-order valence-corrected chi connectivity index (χ4v) is 3.12. The number of carbonyl (C=O) groups excluding carboxylic acids is 2. The largest absolute Gasteiger partial charge is 0.496 e. The number of nitrogens with zero attached hydrogens (tertiary/aromatic N) is 1. The van der Waals surface area contributed by atoms with Gasteiger partial charge in [-0.25, -0.2) is 0 Å². The molecule has 1 aliphatic rings. The minimum atomic E-state index is -1.20. The highest BCUT2D eigenvalue weighted by Gasteiger charge is 2.45. The number of aryl methyl sites for hydroxylation is 1. The lowest BCUT2D eigenvalue weighted by Gasteiger charge is -2.32. The van der Waals surface area contributed by atoms with Crippen LogP contribution >= 0.6 is 11.6 Å². The Morgan fingerprint density at radius 1 is 1.33 bits per heavy atom. The molecule has 1 aliphatic heterocycles. The first-order chi connectivity index (χ1) is 11.5. The molecule has 24 heavy (non-hydrogen) atoms. The van der Waals surface area contributed by atoms with Gasteiger partial charge in [-0.1, -0.05) is 12.1 Å². The van der Waals surface area contributed by atoms with Crippen molar-refractivity contribution in [3.8, 4) is 5.75 Å². The molecule has 0 bridgehead atoms. The van der Waals surface area contributed by atoms with Crippen molar-refractivity contribution < 1.29 is 19.1 Å². The molecule has 0 saturated heterocycles. The molecule has 0 amide bonds. The quantitative estimate of drug-likeness (QED) is 0.561. The van der Waals surface area contributed by atoms with Crippen molar-refractivity contribution in [3.63, 3.8) is 0 Å². The van der Waals surface area contributed by atoms with Crippen LogP contribution in [0.1, 0.15) is 23.5 Å². The van der Waals surface area contributed by atoms with E-state index in [4.69, 9.17) is 21.1 Å². The Labute approximate surface area is 146 Å². The molecule has 2 rings (SSSR count). The standard InChI is InChI=1S/C18H20ClNO4/c1-12-5-6-13(9-15(12)23-2)14(10-17(22)24-3)18(16(21)11-19)7-4-8-20-18/h4-9,14H,10-11H2,1-3H3. The number of methoxy groups -OCH3 is 2. The molecule has 2 atom stereocenters. The van der Waals surface area contributed by atoms with E-state index in [1.54, 1.807) is 25.5 Å². The number of hydrogen-bond donors (Lipinski definition) is 0. The van der Waals surface area contributed by atoms with Crippen LogP contribution in [0.3, 0.4) is 0 Å². The average Bonchev–Trinajstić information content (AvgIpc) is 3.10. The third-order valence-corrected chi connectivity index (χ3v) is 4.50. The first-order valence-corrected chi connectivity index (χ1v) is 8.05. The Hall–Kier alpha value is -2.14. The van der Waals surface area contributed by atoms with Crippen LogP contribution < -0.4 is 4.74 Å². The minimum Gasteiger partial charge on any atom is -0.496 e. The fraction of sp³-hybridized carbons (Fsp3) is 0.389. The molecule has 0 aliphatic carbocycles. The van der Waals surface area contributed by atoms with E-state index >= 15 is 0 Å². The number of alkyl halides is 1. The molecule has 0 radical (unpaired) electrons. The normalized spacial score (nSPS) is 20.0. The molecule has 1 aromatic carbocycles. The smallest absolute Gasteiger partial charge is 0.306 e. The topological polar surface area (TPSA) is 65.0 Å². The van der Waals surface area contributed by atoms with E-state index in [2.05, 4.69) is 4.99 Å². The van der Waals surface area contributed by atoms with E-state index < -0.39 is 17.4 Å². The van der Waals surface area contributed by atoms with Gasteiger partial charge in [-0.2, -0.15) is 0 Å². The Morgan fingerprint density at radius 3 is 2.62 bits per heavy atom. The number of carbonyl (C=O) groups is 2. The molecule has 0 N–H and O–H groups in total. The van der Waals surface area contributed by atoms with Crippen LogP contribution in [0.4, 0.5) is 0 Å². The lowest BCUT2D eigenvalue weighted by Crippen LogP contribution is -2.42. The summed E-state index contributed by atoms with van der Waals surface area (Å²) in [6.45, 7) is 1.92. The van der Waals surface area contributed by atoms with Gasteiger partial charge in [0, 0.05) is 12.1 Å². The van der Waals surface area contributed by atoms with E-state index in [0.717, 1.165) is 11.1 Å². The van der Waals surface area contributed by atoms with E-state index in [9.17, 15) is 9.59 Å². The highest BCUT2D eigenvalue weighted by Crippen LogP contribution is 2.40. The second-order valence-electron chi connectivity index (χ2n) is 5.58. The number of Topliss-reactive ketones (excluding diaryl/α,β-unsaturated/α-hetero) is 1. The summed E-state index contributed by atoms with van der Waals surface area (Å²) in [6, 6.07) is 5.59. The minimum absolute atomic E-state index is 0.00697. The number of aliphatic imine (C=N–C) groups is 1. The highest BCUT2D eigenvalue weighted by molar-refractivity contribution is 6.29. The summed E-state index contributed by atoms with van der Waals surface area (Å²) in [4.78, 5) is 28.9. The van der Waals surface area contributed by atoms with Crippen LogP contribution in [0.25, 0.3) is 0 Å². The number of ether oxygens (including phenoxy) is 2. The van der Waals surface area contributed by atoms with Gasteiger partial charge in [-0.05, 0) is 36.3 Å². The summed E-state index contributed by atoms with van der Waals surface area (Å²) < 4.78 is 10.2. The zero-order valence-corrected chi connectivity index (χ0v) is 14.7. The molecule has 1 aromatic rings. The van der Waals surface area contributed by atoms with Crippen LogP contribution in [-0.4, -0.2) is 43.6 Å². The number of rotatable bonds is 7. The molecule has 1 heterocycles. The van der Waals surface area contributed by atoms with Gasteiger partial charge >= 0.3 is 5.97 Å². The van der Waals surface area contributed by atoms with Crippen molar-refractivity contribution in [2.75, 3.05) is 20.1 Å². The van der Waals surface area contributed by atoms with Crippen LogP contribution in [0.5, 0.6) is 5.75 Å². The molecular weight excluding hydrogens is 330 g/mol. The predicted molar refractivity (Wildman–Crippen MR) is 93.2 cm³/mol. The van der Waals surface area contributed by atoms with Gasteiger partial charge in [0.15, 0.2) is 5.78 Å². The monoisotopic (exact) mass is 349 g/mol. The number of hydrogen-bond acceptors (Lipinski definition) is 5. The summed E-state index contributed by atoms with van der Waals surface area (Å²) in [7, 11) is 2.90. The molecule has 128 valence electrons. The molecule has 2 unspecified atom stereocenters. The highest BCUT2D eigenvalue weighted by atomic mass is 35.5. The SMILES string of the molecule is COC(=O)CC(c1ccc(C)c(OC)c1)C1(C(=O)CCl)C=CC=N1. The van der Waals surface area contributed by atoms with E-state index in [-0.39, 0.29) is 18.1 Å². The number of benzene rings is 1. The van der Waals surface area contributed by atoms with Gasteiger partial charge in [0.05, 0.1) is 26.5 Å². The Kier molecular flexibility index (Phi) is 5.78. The second-order valence-corrected chi connectivity index (χ2v) is 5.85. The maximum absolute atomic E-state index is 12.6. The van der Waals surface area contributed by atoms with Crippen molar-refractivity contribution >= 4 is 29.6 Å². The van der Waals surface area contributed by atoms with E-state index in [0.29, 0.717) is 5.75 Å². The van der Waals surface area contributed by atoms with Crippen LogP contribution in [0.15, 0.2) is 35.3 Å². The Bertz CT molecular complexity index is 684. The summed E-state index contributed by atoms with van der Waals surface area (Å²) in [5.74, 6) is -0.718. The first-order valence-electron chi connectivity index (χ1n) is 7.52. The average molecular weight is 350 g/mol. The van der Waals surface area contributed by atoms with Crippen molar-refractivity contribution in [1.82, 2.24) is 0 Å². The molecular formula is C18H20ClNO4. The first kappa shape index (κ1) is 18.2. The van der Waals surface area contributed by atoms with Gasteiger partial charge in [-0.15, -0.1) is 11.6 Å². The summed E-state index contributed by atoms with van der Waals surface area (Å²) in [6.07, 6.45) is 4.95. The lowest BCUT2D eigenvalue weighted by molar-refractivity contribution is -0.141. The van der Waals surface area contributed by atoms with Crippen LogP contribution in [0.2, 0.25) is 0 Å². The van der Waals surface area contributed by atoms with Gasteiger partial charge in [0.1, 0.15) is 11.3 Å². The van der Waals surface area contributed by atoms with Crippen molar-refractivity contribution in [2.24, 2.45) is 4.99 Å².